The number of rotatable bonds is 6. The van der Waals surface area contributed by atoms with Gasteiger partial charge < -0.3 is 4.90 Å². The highest BCUT2D eigenvalue weighted by molar-refractivity contribution is 5.86. The van der Waals surface area contributed by atoms with Crippen LogP contribution in [-0.2, 0) is 4.79 Å². The highest BCUT2D eigenvalue weighted by atomic mass is 16.2. The Balaban J connectivity index is 2.83. The second-order valence-corrected chi connectivity index (χ2v) is 5.51. The number of hydrogen-bond donors (Lipinski definition) is 0. The lowest BCUT2D eigenvalue weighted by Crippen LogP contribution is -2.46. The van der Waals surface area contributed by atoms with E-state index in [1.807, 2.05) is 4.90 Å². The Bertz CT molecular complexity index is 313. The minimum Gasteiger partial charge on any atom is -0.339 e. The Labute approximate surface area is 111 Å². The molecule has 0 N–H and O–H groups in total. The molecule has 0 aromatic rings. The third kappa shape index (κ3) is 3.04. The van der Waals surface area contributed by atoms with Crippen molar-refractivity contribution < 1.29 is 4.79 Å². The Hall–Kier alpha value is -1.04. The van der Waals surface area contributed by atoms with E-state index in [-0.39, 0.29) is 11.9 Å². The Kier molecular flexibility index (Phi) is 5.65. The predicted molar refractivity (Wildman–Crippen MR) is 72.9 cm³/mol. The van der Waals surface area contributed by atoms with Gasteiger partial charge in [-0.3, -0.25) is 4.79 Å². The zero-order valence-corrected chi connectivity index (χ0v) is 12.0. The molecule has 18 heavy (non-hydrogen) atoms. The molecular formula is C15H26N2O. The second-order valence-electron chi connectivity index (χ2n) is 5.51. The largest absolute Gasteiger partial charge is 0.339 e. The predicted octanol–water partition coefficient (Wildman–Crippen LogP) is 3.50. The zero-order valence-electron chi connectivity index (χ0n) is 12.0. The summed E-state index contributed by atoms with van der Waals surface area (Å²) < 4.78 is 0. The maximum Gasteiger partial charge on any atom is 0.243 e. The van der Waals surface area contributed by atoms with E-state index in [4.69, 9.17) is 0 Å². The van der Waals surface area contributed by atoms with Crippen molar-refractivity contribution in [3.05, 3.63) is 0 Å². The van der Waals surface area contributed by atoms with Crippen molar-refractivity contribution in [3.8, 4) is 6.07 Å². The van der Waals surface area contributed by atoms with Crippen LogP contribution in [-0.4, -0.2) is 23.4 Å². The Morgan fingerprint density at radius 2 is 2.00 bits per heavy atom. The van der Waals surface area contributed by atoms with Crippen molar-refractivity contribution in [2.75, 3.05) is 6.54 Å². The van der Waals surface area contributed by atoms with Gasteiger partial charge in [-0.25, -0.2) is 0 Å². The number of carbonyl (C=O) groups excluding carboxylic acids is 1. The van der Waals surface area contributed by atoms with Gasteiger partial charge in [0.2, 0.25) is 5.91 Å². The number of amides is 1. The maximum absolute atomic E-state index is 12.7. The van der Waals surface area contributed by atoms with Gasteiger partial charge in [0.25, 0.3) is 0 Å². The summed E-state index contributed by atoms with van der Waals surface area (Å²) in [5.41, 5.74) is -0.711. The molecule has 1 atom stereocenters. The number of nitrogens with zero attached hydrogens (tertiary/aromatic N) is 2. The monoisotopic (exact) mass is 250 g/mol. The molecule has 0 spiro atoms. The van der Waals surface area contributed by atoms with E-state index in [2.05, 4.69) is 26.8 Å². The van der Waals surface area contributed by atoms with Crippen molar-refractivity contribution in [1.29, 1.82) is 5.26 Å². The SMILES string of the molecule is CCCCN(C(=O)C1(C#N)CCCC1)C(C)CC. The lowest BCUT2D eigenvalue weighted by Gasteiger charge is -2.34. The highest BCUT2D eigenvalue weighted by Crippen LogP contribution is 2.39. The van der Waals surface area contributed by atoms with Crippen LogP contribution in [0.5, 0.6) is 0 Å². The average Bonchev–Trinajstić information content (AvgIpc) is 2.88. The van der Waals surface area contributed by atoms with Crippen LogP contribution in [0.25, 0.3) is 0 Å². The molecule has 0 radical (unpaired) electrons. The van der Waals surface area contributed by atoms with Crippen LogP contribution in [0.1, 0.15) is 65.7 Å². The molecule has 1 aliphatic carbocycles. The Morgan fingerprint density at radius 3 is 2.44 bits per heavy atom. The Morgan fingerprint density at radius 1 is 1.39 bits per heavy atom. The van der Waals surface area contributed by atoms with E-state index in [1.165, 1.54) is 0 Å². The summed E-state index contributed by atoms with van der Waals surface area (Å²) in [6, 6.07) is 2.57. The van der Waals surface area contributed by atoms with Gasteiger partial charge in [-0.2, -0.15) is 5.26 Å². The van der Waals surface area contributed by atoms with Gasteiger partial charge in [-0.05, 0) is 32.6 Å². The van der Waals surface area contributed by atoms with E-state index in [9.17, 15) is 10.1 Å². The molecule has 1 rings (SSSR count). The first kappa shape index (κ1) is 15.0. The summed E-state index contributed by atoms with van der Waals surface area (Å²) in [5.74, 6) is 0.0882. The van der Waals surface area contributed by atoms with Crippen molar-refractivity contribution in [3.63, 3.8) is 0 Å². The lowest BCUT2D eigenvalue weighted by molar-refractivity contribution is -0.141. The van der Waals surface area contributed by atoms with Gasteiger partial charge in [-0.1, -0.05) is 33.1 Å². The van der Waals surface area contributed by atoms with Gasteiger partial charge in [0, 0.05) is 12.6 Å². The third-order valence-electron chi connectivity index (χ3n) is 4.22. The van der Waals surface area contributed by atoms with Crippen LogP contribution >= 0.6 is 0 Å². The molecule has 1 aliphatic rings. The number of unbranched alkanes of at least 4 members (excludes halogenated alkanes) is 1. The zero-order chi connectivity index (χ0) is 13.6. The van der Waals surface area contributed by atoms with E-state index < -0.39 is 5.41 Å². The fraction of sp³-hybridized carbons (Fsp3) is 0.867. The first-order valence-electron chi connectivity index (χ1n) is 7.33. The number of carbonyl (C=O) groups is 1. The quantitative estimate of drug-likeness (QED) is 0.724. The average molecular weight is 250 g/mol. The molecule has 0 aromatic carbocycles. The molecule has 0 aromatic heterocycles. The van der Waals surface area contributed by atoms with E-state index in [0.29, 0.717) is 0 Å². The molecule has 3 nitrogen and oxygen atoms in total. The normalized spacial score (nSPS) is 19.2. The van der Waals surface area contributed by atoms with Crippen LogP contribution in [0, 0.1) is 16.7 Å². The van der Waals surface area contributed by atoms with Crippen LogP contribution < -0.4 is 0 Å². The van der Waals surface area contributed by atoms with Crippen LogP contribution in [0.15, 0.2) is 0 Å². The molecule has 1 fully saturated rings. The molecule has 102 valence electrons. The molecule has 0 bridgehead atoms. The van der Waals surface area contributed by atoms with E-state index in [1.54, 1.807) is 0 Å². The van der Waals surface area contributed by atoms with Crippen molar-refractivity contribution >= 4 is 5.91 Å². The fourth-order valence-corrected chi connectivity index (χ4v) is 2.70. The van der Waals surface area contributed by atoms with Gasteiger partial charge in [0.05, 0.1) is 6.07 Å². The summed E-state index contributed by atoms with van der Waals surface area (Å²) in [6.45, 7) is 7.13. The molecule has 0 heterocycles. The van der Waals surface area contributed by atoms with Crippen LogP contribution in [0.3, 0.4) is 0 Å². The number of nitriles is 1. The first-order chi connectivity index (χ1) is 8.61. The summed E-state index contributed by atoms with van der Waals surface area (Å²) in [7, 11) is 0. The molecule has 3 heteroatoms. The van der Waals surface area contributed by atoms with Gasteiger partial charge in [-0.15, -0.1) is 0 Å². The van der Waals surface area contributed by atoms with Gasteiger partial charge >= 0.3 is 0 Å². The molecule has 1 amide bonds. The van der Waals surface area contributed by atoms with Crippen molar-refractivity contribution in [2.24, 2.45) is 5.41 Å². The van der Waals surface area contributed by atoms with Crippen LogP contribution in [0.4, 0.5) is 0 Å². The minimum absolute atomic E-state index is 0.0882. The van der Waals surface area contributed by atoms with Gasteiger partial charge in [0.1, 0.15) is 5.41 Å². The first-order valence-corrected chi connectivity index (χ1v) is 7.33. The topological polar surface area (TPSA) is 44.1 Å². The molecule has 1 saturated carbocycles. The van der Waals surface area contributed by atoms with Crippen LogP contribution in [0.2, 0.25) is 0 Å². The maximum atomic E-state index is 12.7. The summed E-state index contributed by atoms with van der Waals surface area (Å²) in [4.78, 5) is 14.7. The molecule has 1 unspecified atom stereocenters. The minimum atomic E-state index is -0.711. The smallest absolute Gasteiger partial charge is 0.243 e. The molecular weight excluding hydrogens is 224 g/mol. The van der Waals surface area contributed by atoms with E-state index in [0.717, 1.165) is 51.5 Å². The highest BCUT2D eigenvalue weighted by Gasteiger charge is 2.44. The second kappa shape index (κ2) is 6.78. The van der Waals surface area contributed by atoms with Crippen molar-refractivity contribution in [1.82, 2.24) is 4.90 Å². The fourth-order valence-electron chi connectivity index (χ4n) is 2.70. The number of hydrogen-bond acceptors (Lipinski definition) is 2. The summed E-state index contributed by atoms with van der Waals surface area (Å²) in [5, 5.41) is 9.42. The van der Waals surface area contributed by atoms with Crippen molar-refractivity contribution in [2.45, 2.75) is 71.8 Å². The standard InChI is InChI=1S/C15H26N2O/c1-4-6-11-17(13(3)5-2)14(18)15(12-16)9-7-8-10-15/h13H,4-11H2,1-3H3. The molecule has 0 aliphatic heterocycles. The molecule has 0 saturated heterocycles. The van der Waals surface area contributed by atoms with E-state index >= 15 is 0 Å². The lowest BCUT2D eigenvalue weighted by atomic mass is 9.85. The summed E-state index contributed by atoms with van der Waals surface area (Å²) in [6.07, 6.45) is 6.60. The third-order valence-corrected chi connectivity index (χ3v) is 4.22. The summed E-state index contributed by atoms with van der Waals surface area (Å²) >= 11 is 0. The van der Waals surface area contributed by atoms with Gasteiger partial charge in [0.15, 0.2) is 0 Å².